The van der Waals surface area contributed by atoms with Crippen molar-refractivity contribution in [2.45, 2.75) is 13.1 Å². The highest BCUT2D eigenvalue weighted by atomic mass is 16.5. The molecule has 1 N–H and O–H groups in total. The molecule has 0 saturated heterocycles. The van der Waals surface area contributed by atoms with Crippen LogP contribution in [0, 0.1) is 0 Å². The van der Waals surface area contributed by atoms with Crippen molar-refractivity contribution in [3.05, 3.63) is 71.8 Å². The Morgan fingerprint density at radius 1 is 1.11 bits per heavy atom. The van der Waals surface area contributed by atoms with E-state index in [9.17, 15) is 0 Å². The molecule has 2 aromatic rings. The van der Waals surface area contributed by atoms with E-state index in [4.69, 9.17) is 4.74 Å². The average Bonchev–Trinajstić information content (AvgIpc) is 3.24. The van der Waals surface area contributed by atoms with Gasteiger partial charge in [0.05, 0.1) is 7.11 Å². The number of ether oxygens (including phenoxy) is 1. The summed E-state index contributed by atoms with van der Waals surface area (Å²) < 4.78 is 5.45. The van der Waals surface area contributed by atoms with Crippen LogP contribution in [0.5, 0.6) is 5.75 Å². The van der Waals surface area contributed by atoms with Gasteiger partial charge in [0, 0.05) is 51.5 Å². The van der Waals surface area contributed by atoms with Gasteiger partial charge in [0.25, 0.3) is 0 Å². The second kappa shape index (κ2) is 9.12. The Hall–Kier alpha value is -2.95. The average molecular weight is 364 g/mol. The summed E-state index contributed by atoms with van der Waals surface area (Å²) in [6.45, 7) is 3.46. The highest BCUT2D eigenvalue weighted by Crippen LogP contribution is 2.19. The Morgan fingerprint density at radius 3 is 2.48 bits per heavy atom. The van der Waals surface area contributed by atoms with E-state index in [0.29, 0.717) is 0 Å². The van der Waals surface area contributed by atoms with Crippen LogP contribution in [0.25, 0.3) is 0 Å². The molecule has 0 bridgehead atoms. The first-order chi connectivity index (χ1) is 13.2. The molecule has 0 aliphatic carbocycles. The van der Waals surface area contributed by atoms with Crippen molar-refractivity contribution in [1.82, 2.24) is 10.2 Å². The standard InChI is InChI=1S/C22H28N4O/c1-23-22(25(2)17-19-8-4-5-9-21(19)27-3)24-16-18-10-12-20(13-11-18)26-14-6-7-15-26/h4-13H,14-17H2,1-3H3,(H,23,24). The van der Waals surface area contributed by atoms with Crippen LogP contribution in [-0.4, -0.2) is 45.2 Å². The quantitative estimate of drug-likeness (QED) is 0.485. The molecule has 1 aliphatic rings. The molecule has 142 valence electrons. The second-order valence-electron chi connectivity index (χ2n) is 6.61. The van der Waals surface area contributed by atoms with Crippen LogP contribution < -0.4 is 15.0 Å². The van der Waals surface area contributed by atoms with E-state index in [2.05, 4.69) is 62.6 Å². The first-order valence-corrected chi connectivity index (χ1v) is 9.24. The van der Waals surface area contributed by atoms with Gasteiger partial charge in [-0.15, -0.1) is 0 Å². The van der Waals surface area contributed by atoms with E-state index >= 15 is 0 Å². The maximum Gasteiger partial charge on any atom is 0.193 e. The normalized spacial score (nSPS) is 13.7. The summed E-state index contributed by atoms with van der Waals surface area (Å²) in [6.07, 6.45) is 4.41. The number of anilines is 1. The lowest BCUT2D eigenvalue weighted by atomic mass is 10.2. The molecule has 3 rings (SSSR count). The Labute approximate surface area is 162 Å². The Kier molecular flexibility index (Phi) is 6.36. The number of aliphatic imine (C=N–C) groups is 1. The largest absolute Gasteiger partial charge is 0.496 e. The van der Waals surface area contributed by atoms with Gasteiger partial charge in [-0.3, -0.25) is 4.99 Å². The van der Waals surface area contributed by atoms with E-state index in [-0.39, 0.29) is 0 Å². The maximum atomic E-state index is 5.45. The predicted molar refractivity (Wildman–Crippen MR) is 112 cm³/mol. The number of guanidine groups is 1. The number of methoxy groups -OCH3 is 1. The molecule has 0 fully saturated rings. The third kappa shape index (κ3) is 4.82. The highest BCUT2D eigenvalue weighted by Gasteiger charge is 2.10. The van der Waals surface area contributed by atoms with Crippen LogP contribution in [0.1, 0.15) is 11.1 Å². The van der Waals surface area contributed by atoms with Gasteiger partial charge in [0.1, 0.15) is 5.75 Å². The summed E-state index contributed by atoms with van der Waals surface area (Å²) in [5, 5.41) is 3.44. The lowest BCUT2D eigenvalue weighted by Crippen LogP contribution is -2.38. The molecule has 0 amide bonds. The number of hydrogen-bond donors (Lipinski definition) is 1. The van der Waals surface area contributed by atoms with Crippen LogP contribution in [0.15, 0.2) is 65.7 Å². The molecule has 5 heteroatoms. The predicted octanol–water partition coefficient (Wildman–Crippen LogP) is 3.28. The van der Waals surface area contributed by atoms with E-state index in [0.717, 1.165) is 43.5 Å². The lowest BCUT2D eigenvalue weighted by Gasteiger charge is -2.23. The van der Waals surface area contributed by atoms with E-state index < -0.39 is 0 Å². The summed E-state index contributed by atoms with van der Waals surface area (Å²) in [6, 6.07) is 16.8. The molecule has 0 radical (unpaired) electrons. The monoisotopic (exact) mass is 364 g/mol. The Morgan fingerprint density at radius 2 is 1.81 bits per heavy atom. The van der Waals surface area contributed by atoms with Crippen molar-refractivity contribution in [2.24, 2.45) is 4.99 Å². The lowest BCUT2D eigenvalue weighted by molar-refractivity contribution is 0.396. The van der Waals surface area contributed by atoms with Crippen molar-refractivity contribution in [2.75, 3.05) is 39.2 Å². The van der Waals surface area contributed by atoms with Gasteiger partial charge in [-0.2, -0.15) is 0 Å². The number of benzene rings is 2. The third-order valence-corrected chi connectivity index (χ3v) is 4.74. The summed E-state index contributed by atoms with van der Waals surface area (Å²) in [4.78, 5) is 8.85. The van der Waals surface area contributed by atoms with Gasteiger partial charge in [0.15, 0.2) is 5.96 Å². The number of para-hydroxylation sites is 1. The van der Waals surface area contributed by atoms with E-state index in [1.165, 1.54) is 11.3 Å². The molecule has 5 nitrogen and oxygen atoms in total. The van der Waals surface area contributed by atoms with Crippen molar-refractivity contribution in [3.63, 3.8) is 0 Å². The van der Waals surface area contributed by atoms with Crippen LogP contribution >= 0.6 is 0 Å². The van der Waals surface area contributed by atoms with E-state index in [1.807, 2.05) is 32.3 Å². The molecular formula is C22H28N4O. The topological polar surface area (TPSA) is 40.1 Å². The zero-order valence-corrected chi connectivity index (χ0v) is 16.4. The fourth-order valence-corrected chi connectivity index (χ4v) is 3.24. The summed E-state index contributed by atoms with van der Waals surface area (Å²) in [7, 11) is 5.55. The number of nitrogens with one attached hydrogen (secondary N) is 1. The summed E-state index contributed by atoms with van der Waals surface area (Å²) in [5.41, 5.74) is 3.63. The molecule has 1 heterocycles. The minimum atomic E-state index is 0.727. The Balaban J connectivity index is 1.56. The van der Waals surface area contributed by atoms with Gasteiger partial charge in [0.2, 0.25) is 0 Å². The molecule has 0 spiro atoms. The fourth-order valence-electron chi connectivity index (χ4n) is 3.24. The molecule has 0 saturated carbocycles. The van der Waals surface area contributed by atoms with Crippen molar-refractivity contribution in [1.29, 1.82) is 0 Å². The molecule has 1 aliphatic heterocycles. The third-order valence-electron chi connectivity index (χ3n) is 4.74. The minimum Gasteiger partial charge on any atom is -0.496 e. The first kappa shape index (κ1) is 18.8. The highest BCUT2D eigenvalue weighted by molar-refractivity contribution is 5.79. The van der Waals surface area contributed by atoms with E-state index in [1.54, 1.807) is 7.11 Å². The SMILES string of the molecule is CN=C(NCc1ccc(N2CC=CC2)cc1)N(C)Cc1ccccc1OC. The van der Waals surface area contributed by atoms with Crippen LogP contribution in [-0.2, 0) is 13.1 Å². The summed E-state index contributed by atoms with van der Waals surface area (Å²) >= 11 is 0. The molecule has 27 heavy (non-hydrogen) atoms. The number of nitrogens with zero attached hydrogens (tertiary/aromatic N) is 3. The maximum absolute atomic E-state index is 5.45. The molecular weight excluding hydrogens is 336 g/mol. The first-order valence-electron chi connectivity index (χ1n) is 9.24. The zero-order chi connectivity index (χ0) is 19.1. The summed E-state index contributed by atoms with van der Waals surface area (Å²) in [5.74, 6) is 1.75. The molecule has 2 aromatic carbocycles. The minimum absolute atomic E-state index is 0.727. The smallest absolute Gasteiger partial charge is 0.193 e. The van der Waals surface area contributed by atoms with Crippen LogP contribution in [0.3, 0.4) is 0 Å². The fraction of sp³-hybridized carbons (Fsp3) is 0.318. The number of hydrogen-bond acceptors (Lipinski definition) is 3. The van der Waals surface area contributed by atoms with Gasteiger partial charge in [-0.1, -0.05) is 42.5 Å². The van der Waals surface area contributed by atoms with Gasteiger partial charge < -0.3 is 19.9 Å². The van der Waals surface area contributed by atoms with Crippen LogP contribution in [0.4, 0.5) is 5.69 Å². The van der Waals surface area contributed by atoms with Crippen molar-refractivity contribution < 1.29 is 4.74 Å². The molecule has 0 unspecified atom stereocenters. The molecule has 0 atom stereocenters. The van der Waals surface area contributed by atoms with Crippen molar-refractivity contribution in [3.8, 4) is 5.75 Å². The van der Waals surface area contributed by atoms with Gasteiger partial charge >= 0.3 is 0 Å². The van der Waals surface area contributed by atoms with Crippen LogP contribution in [0.2, 0.25) is 0 Å². The van der Waals surface area contributed by atoms with Gasteiger partial charge in [-0.25, -0.2) is 0 Å². The molecule has 0 aromatic heterocycles. The number of rotatable bonds is 6. The van der Waals surface area contributed by atoms with Gasteiger partial charge in [-0.05, 0) is 23.8 Å². The zero-order valence-electron chi connectivity index (χ0n) is 16.4. The second-order valence-corrected chi connectivity index (χ2v) is 6.61. The Bertz CT molecular complexity index is 790. The van der Waals surface area contributed by atoms with Crippen molar-refractivity contribution >= 4 is 11.6 Å².